The summed E-state index contributed by atoms with van der Waals surface area (Å²) in [5, 5.41) is 10.6. The lowest BCUT2D eigenvalue weighted by Gasteiger charge is -2.31. The first-order valence-electron chi connectivity index (χ1n) is 20.2. The van der Waals surface area contributed by atoms with Crippen molar-refractivity contribution in [2.24, 2.45) is 0 Å². The fraction of sp³-hybridized carbons (Fsp3) is 0.259. The average Bonchev–Trinajstić information content (AvgIpc) is 3.16. The maximum absolute atomic E-state index is 2.50. The van der Waals surface area contributed by atoms with Gasteiger partial charge in [-0.25, -0.2) is 0 Å². The zero-order chi connectivity index (χ0) is 38.4. The van der Waals surface area contributed by atoms with Gasteiger partial charge in [-0.15, -0.1) is 0 Å². The van der Waals surface area contributed by atoms with Gasteiger partial charge in [0.05, 0.1) is 5.69 Å². The van der Waals surface area contributed by atoms with E-state index < -0.39 is 0 Å². The van der Waals surface area contributed by atoms with E-state index in [1.165, 1.54) is 87.7 Å². The van der Waals surface area contributed by atoms with Gasteiger partial charge in [-0.2, -0.15) is 0 Å². The molecule has 0 saturated heterocycles. The van der Waals surface area contributed by atoms with E-state index in [2.05, 4.69) is 201 Å². The first-order valence-corrected chi connectivity index (χ1v) is 20.2. The van der Waals surface area contributed by atoms with Crippen LogP contribution in [0, 0.1) is 0 Å². The Labute approximate surface area is 327 Å². The summed E-state index contributed by atoms with van der Waals surface area (Å²) in [7, 11) is 0. The van der Waals surface area contributed by atoms with Crippen molar-refractivity contribution in [2.75, 3.05) is 4.90 Å². The van der Waals surface area contributed by atoms with Gasteiger partial charge in [-0.05, 0) is 125 Å². The van der Waals surface area contributed by atoms with E-state index in [4.69, 9.17) is 0 Å². The number of hydrogen-bond donors (Lipinski definition) is 0. The molecule has 1 heteroatoms. The lowest BCUT2D eigenvalue weighted by atomic mass is 9.78. The fourth-order valence-electron chi connectivity index (χ4n) is 9.06. The van der Waals surface area contributed by atoms with Crippen LogP contribution in [0.15, 0.2) is 133 Å². The minimum Gasteiger partial charge on any atom is -0.309 e. The third-order valence-electron chi connectivity index (χ3n) is 12.2. The molecule has 0 heterocycles. The van der Waals surface area contributed by atoms with Crippen molar-refractivity contribution >= 4 is 60.2 Å². The number of hydrogen-bond acceptors (Lipinski definition) is 1. The number of benzene rings is 8. The Kier molecular flexibility index (Phi) is 8.07. The molecular weight excluding hydrogens is 663 g/mol. The smallest absolute Gasteiger partial charge is 0.0618 e. The Balaban J connectivity index is 1.34. The summed E-state index contributed by atoms with van der Waals surface area (Å²) in [5.74, 6) is 0. The van der Waals surface area contributed by atoms with E-state index in [0.717, 1.165) is 24.2 Å². The maximum atomic E-state index is 2.50. The second-order valence-electron chi connectivity index (χ2n) is 19.0. The lowest BCUT2D eigenvalue weighted by molar-refractivity contribution is 0.590. The van der Waals surface area contributed by atoms with E-state index in [1.807, 2.05) is 0 Å². The topological polar surface area (TPSA) is 3.24 Å². The van der Waals surface area contributed by atoms with Crippen molar-refractivity contribution < 1.29 is 0 Å². The predicted molar refractivity (Wildman–Crippen MR) is 240 cm³/mol. The summed E-state index contributed by atoms with van der Waals surface area (Å²) in [6, 6.07) is 51.3. The monoisotopic (exact) mass is 715 g/mol. The molecule has 274 valence electrons. The van der Waals surface area contributed by atoms with Crippen LogP contribution in [-0.2, 0) is 29.1 Å². The van der Waals surface area contributed by atoms with Crippen LogP contribution in [0.2, 0.25) is 0 Å². The fourth-order valence-corrected chi connectivity index (χ4v) is 9.06. The van der Waals surface area contributed by atoms with Gasteiger partial charge < -0.3 is 4.90 Å². The zero-order valence-electron chi connectivity index (χ0n) is 34.1. The SMILES string of the molecule is CC(C)(C)c1ccc(N(c2ccc(C(C)(C)C)cc2)c2c3ccccc3c(-c3ccc4c5c3ccc3cc(C(C)(C)C)cc(c35)CC4)c3ccccc23)cc1. The largest absolute Gasteiger partial charge is 0.309 e. The van der Waals surface area contributed by atoms with Crippen LogP contribution < -0.4 is 4.90 Å². The minimum atomic E-state index is 0.0680. The molecule has 0 spiro atoms. The molecule has 0 saturated carbocycles. The molecule has 0 aliphatic heterocycles. The molecule has 0 bridgehead atoms. The zero-order valence-corrected chi connectivity index (χ0v) is 34.1. The summed E-state index contributed by atoms with van der Waals surface area (Å²) < 4.78 is 0. The van der Waals surface area contributed by atoms with Crippen molar-refractivity contribution in [3.05, 3.63) is 161 Å². The van der Waals surface area contributed by atoms with E-state index in [-0.39, 0.29) is 16.2 Å². The second kappa shape index (κ2) is 12.6. The molecular formula is C54H53N. The van der Waals surface area contributed by atoms with Gasteiger partial charge in [-0.1, -0.05) is 172 Å². The number of fused-ring (bicyclic) bond motifs is 2. The highest BCUT2D eigenvalue weighted by atomic mass is 15.1. The summed E-state index contributed by atoms with van der Waals surface area (Å²) in [5.41, 5.74) is 13.4. The molecule has 9 rings (SSSR count). The van der Waals surface area contributed by atoms with Crippen molar-refractivity contribution in [3.8, 4) is 11.1 Å². The number of nitrogens with zero attached hydrogens (tertiary/aromatic N) is 1. The summed E-state index contributed by atoms with van der Waals surface area (Å²) in [6.45, 7) is 20.7. The Morgan fingerprint density at radius 1 is 0.400 bits per heavy atom. The van der Waals surface area contributed by atoms with Gasteiger partial charge in [0, 0.05) is 22.1 Å². The van der Waals surface area contributed by atoms with Gasteiger partial charge in [0.25, 0.3) is 0 Å². The third-order valence-corrected chi connectivity index (χ3v) is 12.2. The van der Waals surface area contributed by atoms with Crippen LogP contribution in [0.25, 0.3) is 54.2 Å². The first kappa shape index (κ1) is 35.3. The molecule has 8 aromatic rings. The molecule has 0 aromatic heterocycles. The Hall–Kier alpha value is -5.40. The molecule has 1 aliphatic carbocycles. The van der Waals surface area contributed by atoms with Crippen LogP contribution in [-0.4, -0.2) is 0 Å². The van der Waals surface area contributed by atoms with E-state index in [1.54, 1.807) is 0 Å². The predicted octanol–water partition coefficient (Wildman–Crippen LogP) is 15.4. The molecule has 0 fully saturated rings. The van der Waals surface area contributed by atoms with Crippen LogP contribution in [0.1, 0.15) is 90.1 Å². The van der Waals surface area contributed by atoms with E-state index >= 15 is 0 Å². The molecule has 0 amide bonds. The van der Waals surface area contributed by atoms with E-state index in [0.29, 0.717) is 0 Å². The van der Waals surface area contributed by atoms with Crippen LogP contribution in [0.3, 0.4) is 0 Å². The van der Waals surface area contributed by atoms with Gasteiger partial charge in [0.15, 0.2) is 0 Å². The molecule has 0 radical (unpaired) electrons. The molecule has 1 aliphatic rings. The summed E-state index contributed by atoms with van der Waals surface area (Å²) >= 11 is 0. The van der Waals surface area contributed by atoms with Crippen molar-refractivity contribution in [3.63, 3.8) is 0 Å². The Bertz CT molecular complexity index is 2660. The Morgan fingerprint density at radius 2 is 0.891 bits per heavy atom. The molecule has 0 unspecified atom stereocenters. The Morgan fingerprint density at radius 3 is 1.40 bits per heavy atom. The normalized spacial score (nSPS) is 13.4. The highest BCUT2D eigenvalue weighted by Gasteiger charge is 2.26. The first-order chi connectivity index (χ1) is 26.2. The standard InChI is InChI=1S/C54H53N/c1-52(2,3)37-22-26-40(27-23-37)55(41-28-24-38(25-29-41)53(4,5)6)51-46-16-12-10-14-42(46)50(43-15-11-13-17-47(43)51)45-30-20-34-18-19-35-32-39(54(7,8)9)33-36-21-31-44(45)49(34)48(35)36/h10-17,20-33H,18-19H2,1-9H3. The number of aryl methyl sites for hydroxylation is 2. The molecule has 8 aromatic carbocycles. The van der Waals surface area contributed by atoms with Crippen LogP contribution >= 0.6 is 0 Å². The number of anilines is 3. The molecule has 55 heavy (non-hydrogen) atoms. The van der Waals surface area contributed by atoms with Crippen LogP contribution in [0.5, 0.6) is 0 Å². The number of rotatable bonds is 4. The minimum absolute atomic E-state index is 0.0680. The van der Waals surface area contributed by atoms with Crippen molar-refractivity contribution in [2.45, 2.75) is 91.4 Å². The molecule has 0 atom stereocenters. The van der Waals surface area contributed by atoms with Crippen molar-refractivity contribution in [1.82, 2.24) is 0 Å². The third kappa shape index (κ3) is 5.91. The lowest BCUT2D eigenvalue weighted by Crippen LogP contribution is -2.15. The summed E-state index contributed by atoms with van der Waals surface area (Å²) in [6.07, 6.45) is 2.17. The maximum Gasteiger partial charge on any atom is 0.0618 e. The second-order valence-corrected chi connectivity index (χ2v) is 19.0. The van der Waals surface area contributed by atoms with Crippen molar-refractivity contribution in [1.29, 1.82) is 0 Å². The molecule has 1 nitrogen and oxygen atoms in total. The van der Waals surface area contributed by atoms with Gasteiger partial charge >= 0.3 is 0 Å². The van der Waals surface area contributed by atoms with Gasteiger partial charge in [0.1, 0.15) is 0 Å². The summed E-state index contributed by atoms with van der Waals surface area (Å²) in [4.78, 5) is 2.50. The van der Waals surface area contributed by atoms with Gasteiger partial charge in [-0.3, -0.25) is 0 Å². The van der Waals surface area contributed by atoms with Gasteiger partial charge in [0.2, 0.25) is 0 Å². The molecule has 0 N–H and O–H groups in total. The average molecular weight is 716 g/mol. The highest BCUT2D eigenvalue weighted by molar-refractivity contribution is 6.26. The highest BCUT2D eigenvalue weighted by Crippen LogP contribution is 2.50. The quantitative estimate of drug-likeness (QED) is 0.130. The van der Waals surface area contributed by atoms with Crippen LogP contribution in [0.4, 0.5) is 17.1 Å². The van der Waals surface area contributed by atoms with E-state index in [9.17, 15) is 0 Å².